The predicted octanol–water partition coefficient (Wildman–Crippen LogP) is 1.70. The highest BCUT2D eigenvalue weighted by atomic mass is 16.5. The Bertz CT molecular complexity index is 299. The molecule has 1 aliphatic rings. The quantitative estimate of drug-likeness (QED) is 0.790. The molecular formula is C10H15N3O. The van der Waals surface area contributed by atoms with Crippen LogP contribution in [0.1, 0.15) is 19.3 Å². The zero-order valence-corrected chi connectivity index (χ0v) is 8.36. The van der Waals surface area contributed by atoms with Crippen molar-refractivity contribution in [2.75, 3.05) is 19.0 Å². The average Bonchev–Trinajstić information content (AvgIpc) is 2.16. The number of hydrogen-bond donors (Lipinski definition) is 1. The minimum absolute atomic E-state index is 0.608. The molecule has 1 N–H and O–H groups in total. The maximum atomic E-state index is 5.01. The molecule has 1 aliphatic carbocycles. The molecule has 0 unspecified atom stereocenters. The van der Waals surface area contributed by atoms with E-state index in [0.717, 1.165) is 12.5 Å². The van der Waals surface area contributed by atoms with Crippen LogP contribution >= 0.6 is 0 Å². The van der Waals surface area contributed by atoms with Crippen molar-refractivity contribution in [1.29, 1.82) is 0 Å². The molecule has 1 heterocycles. The summed E-state index contributed by atoms with van der Waals surface area (Å²) in [6.45, 7) is 0.979. The van der Waals surface area contributed by atoms with Gasteiger partial charge < -0.3 is 10.1 Å². The number of rotatable bonds is 4. The Morgan fingerprint density at radius 3 is 3.07 bits per heavy atom. The molecular weight excluding hydrogens is 178 g/mol. The van der Waals surface area contributed by atoms with Crippen molar-refractivity contribution in [1.82, 2.24) is 9.97 Å². The topological polar surface area (TPSA) is 47.0 Å². The van der Waals surface area contributed by atoms with E-state index in [9.17, 15) is 0 Å². The first kappa shape index (κ1) is 9.24. The van der Waals surface area contributed by atoms with Gasteiger partial charge in [-0.2, -0.15) is 4.98 Å². The normalized spacial score (nSPS) is 16.1. The van der Waals surface area contributed by atoms with Gasteiger partial charge in [0.2, 0.25) is 11.8 Å². The summed E-state index contributed by atoms with van der Waals surface area (Å²) in [7, 11) is 1.61. The van der Waals surface area contributed by atoms with E-state index in [-0.39, 0.29) is 0 Å². The van der Waals surface area contributed by atoms with E-state index in [1.54, 1.807) is 19.4 Å². The second kappa shape index (κ2) is 4.26. The lowest BCUT2D eigenvalue weighted by Gasteiger charge is -2.25. The molecule has 0 amide bonds. The van der Waals surface area contributed by atoms with E-state index >= 15 is 0 Å². The number of nitrogens with one attached hydrogen (secondary N) is 1. The Morgan fingerprint density at radius 1 is 1.57 bits per heavy atom. The van der Waals surface area contributed by atoms with Crippen LogP contribution in [0.3, 0.4) is 0 Å². The molecule has 0 bridgehead atoms. The molecule has 4 heteroatoms. The Morgan fingerprint density at radius 2 is 2.43 bits per heavy atom. The third-order valence-electron chi connectivity index (χ3n) is 2.61. The standard InChI is InChI=1S/C10H15N3O/c1-14-9-5-6-11-10(13-9)12-7-8-3-2-4-8/h5-6,8H,2-4,7H2,1H3,(H,11,12,13). The summed E-state index contributed by atoms with van der Waals surface area (Å²) >= 11 is 0. The fraction of sp³-hybridized carbons (Fsp3) is 0.600. The fourth-order valence-corrected chi connectivity index (χ4v) is 1.47. The van der Waals surface area contributed by atoms with Gasteiger partial charge in [0.05, 0.1) is 7.11 Å². The molecule has 2 rings (SSSR count). The van der Waals surface area contributed by atoms with Crippen molar-refractivity contribution in [3.63, 3.8) is 0 Å². The van der Waals surface area contributed by atoms with Gasteiger partial charge in [0, 0.05) is 18.8 Å². The maximum Gasteiger partial charge on any atom is 0.225 e. The van der Waals surface area contributed by atoms with Crippen LogP contribution in [0.4, 0.5) is 5.95 Å². The summed E-state index contributed by atoms with van der Waals surface area (Å²) in [6.07, 6.45) is 5.73. The summed E-state index contributed by atoms with van der Waals surface area (Å²) in [5.74, 6) is 2.08. The monoisotopic (exact) mass is 193 g/mol. The molecule has 1 aromatic heterocycles. The predicted molar refractivity (Wildman–Crippen MR) is 54.4 cm³/mol. The van der Waals surface area contributed by atoms with Crippen molar-refractivity contribution in [3.8, 4) is 5.88 Å². The third kappa shape index (κ3) is 2.13. The lowest BCUT2D eigenvalue weighted by molar-refractivity contribution is 0.332. The highest BCUT2D eigenvalue weighted by molar-refractivity contribution is 5.27. The average molecular weight is 193 g/mol. The van der Waals surface area contributed by atoms with Gasteiger partial charge in [0.1, 0.15) is 0 Å². The van der Waals surface area contributed by atoms with Crippen LogP contribution in [0.15, 0.2) is 12.3 Å². The number of anilines is 1. The molecule has 0 atom stereocenters. The summed E-state index contributed by atoms with van der Waals surface area (Å²) in [5, 5.41) is 3.22. The first-order valence-corrected chi connectivity index (χ1v) is 4.99. The van der Waals surface area contributed by atoms with Crippen molar-refractivity contribution in [2.24, 2.45) is 5.92 Å². The van der Waals surface area contributed by atoms with Gasteiger partial charge in [0.25, 0.3) is 0 Å². The molecule has 0 aromatic carbocycles. The summed E-state index contributed by atoms with van der Waals surface area (Å²) in [6, 6.07) is 1.74. The van der Waals surface area contributed by atoms with Crippen molar-refractivity contribution >= 4 is 5.95 Å². The number of nitrogens with zero attached hydrogens (tertiary/aromatic N) is 2. The van der Waals surface area contributed by atoms with Crippen molar-refractivity contribution in [2.45, 2.75) is 19.3 Å². The SMILES string of the molecule is COc1ccnc(NCC2CCC2)n1. The smallest absolute Gasteiger partial charge is 0.225 e. The molecule has 0 saturated heterocycles. The van der Waals surface area contributed by atoms with Gasteiger partial charge >= 0.3 is 0 Å². The molecule has 0 aliphatic heterocycles. The van der Waals surface area contributed by atoms with Gasteiger partial charge in [-0.1, -0.05) is 6.42 Å². The first-order chi connectivity index (χ1) is 6.88. The summed E-state index contributed by atoms with van der Waals surface area (Å²) < 4.78 is 5.01. The van der Waals surface area contributed by atoms with Crippen LogP contribution < -0.4 is 10.1 Å². The van der Waals surface area contributed by atoms with Crippen LogP contribution in [0.25, 0.3) is 0 Å². The van der Waals surface area contributed by atoms with E-state index in [1.807, 2.05) is 0 Å². The first-order valence-electron chi connectivity index (χ1n) is 4.99. The van der Waals surface area contributed by atoms with Crippen molar-refractivity contribution < 1.29 is 4.74 Å². The molecule has 0 spiro atoms. The zero-order valence-electron chi connectivity index (χ0n) is 8.36. The molecule has 1 fully saturated rings. The summed E-state index contributed by atoms with van der Waals surface area (Å²) in [5.41, 5.74) is 0. The highest BCUT2D eigenvalue weighted by Gasteiger charge is 2.16. The Balaban J connectivity index is 1.87. The van der Waals surface area contributed by atoms with E-state index < -0.39 is 0 Å². The van der Waals surface area contributed by atoms with Gasteiger partial charge in [-0.25, -0.2) is 4.98 Å². The molecule has 4 nitrogen and oxygen atoms in total. The van der Waals surface area contributed by atoms with Gasteiger partial charge in [-0.05, 0) is 18.8 Å². The Kier molecular flexibility index (Phi) is 2.81. The zero-order chi connectivity index (χ0) is 9.80. The lowest BCUT2D eigenvalue weighted by Crippen LogP contribution is -2.21. The largest absolute Gasteiger partial charge is 0.481 e. The van der Waals surface area contributed by atoms with Crippen LogP contribution in [-0.2, 0) is 0 Å². The summed E-state index contributed by atoms with van der Waals surface area (Å²) in [4.78, 5) is 8.29. The number of aromatic nitrogens is 2. The van der Waals surface area contributed by atoms with E-state index in [4.69, 9.17) is 4.74 Å². The molecule has 14 heavy (non-hydrogen) atoms. The van der Waals surface area contributed by atoms with E-state index in [0.29, 0.717) is 11.8 Å². The Labute approximate surface area is 83.7 Å². The van der Waals surface area contributed by atoms with Crippen LogP contribution in [-0.4, -0.2) is 23.6 Å². The molecule has 1 aromatic rings. The van der Waals surface area contributed by atoms with Gasteiger partial charge in [0.15, 0.2) is 0 Å². The second-order valence-corrected chi connectivity index (χ2v) is 3.60. The maximum absolute atomic E-state index is 5.01. The van der Waals surface area contributed by atoms with Gasteiger partial charge in [-0.15, -0.1) is 0 Å². The fourth-order valence-electron chi connectivity index (χ4n) is 1.47. The molecule has 0 radical (unpaired) electrons. The number of ether oxygens (including phenoxy) is 1. The minimum Gasteiger partial charge on any atom is -0.481 e. The molecule has 1 saturated carbocycles. The van der Waals surface area contributed by atoms with Crippen molar-refractivity contribution in [3.05, 3.63) is 12.3 Å². The third-order valence-corrected chi connectivity index (χ3v) is 2.61. The Hall–Kier alpha value is -1.32. The number of hydrogen-bond acceptors (Lipinski definition) is 4. The van der Waals surface area contributed by atoms with Gasteiger partial charge in [-0.3, -0.25) is 0 Å². The second-order valence-electron chi connectivity index (χ2n) is 3.60. The minimum atomic E-state index is 0.608. The van der Waals surface area contributed by atoms with Crippen LogP contribution in [0.2, 0.25) is 0 Å². The number of methoxy groups -OCH3 is 1. The lowest BCUT2D eigenvalue weighted by atomic mass is 9.85. The van der Waals surface area contributed by atoms with E-state index in [2.05, 4.69) is 15.3 Å². The highest BCUT2D eigenvalue weighted by Crippen LogP contribution is 2.26. The van der Waals surface area contributed by atoms with Crippen LogP contribution in [0.5, 0.6) is 5.88 Å². The van der Waals surface area contributed by atoms with Crippen LogP contribution in [0, 0.1) is 5.92 Å². The van der Waals surface area contributed by atoms with E-state index in [1.165, 1.54) is 19.3 Å². The molecule has 76 valence electrons.